The summed E-state index contributed by atoms with van der Waals surface area (Å²) in [5, 5.41) is 10.6. The van der Waals surface area contributed by atoms with E-state index in [-0.39, 0.29) is 42.0 Å². The summed E-state index contributed by atoms with van der Waals surface area (Å²) in [4.78, 5) is 40.9. The molecular weight excluding hydrogens is 382 g/mol. The Balaban J connectivity index is 1.57. The average Bonchev–Trinajstić information content (AvgIpc) is 3.47. The van der Waals surface area contributed by atoms with Crippen LogP contribution < -0.4 is 10.6 Å². The van der Waals surface area contributed by atoms with Gasteiger partial charge >= 0.3 is 0 Å². The zero-order chi connectivity index (χ0) is 21.3. The molecule has 0 radical (unpaired) electrons. The highest BCUT2D eigenvalue weighted by Gasteiger charge is 2.48. The predicted octanol–water partition coefficient (Wildman–Crippen LogP) is 2.24. The van der Waals surface area contributed by atoms with Gasteiger partial charge in [0.25, 0.3) is 11.8 Å². The van der Waals surface area contributed by atoms with Gasteiger partial charge in [-0.25, -0.2) is 0 Å². The lowest BCUT2D eigenvalue weighted by Gasteiger charge is -2.43. The van der Waals surface area contributed by atoms with Crippen molar-refractivity contribution in [2.45, 2.75) is 95.8 Å². The molecule has 2 heterocycles. The van der Waals surface area contributed by atoms with Crippen molar-refractivity contribution in [1.29, 1.82) is 0 Å². The van der Waals surface area contributed by atoms with Crippen LogP contribution in [0.15, 0.2) is 6.07 Å². The largest absolute Gasteiger partial charge is 0.351 e. The number of rotatable bonds is 6. The lowest BCUT2D eigenvalue weighted by Crippen LogP contribution is -2.65. The summed E-state index contributed by atoms with van der Waals surface area (Å²) in [5.74, 6) is -0.607. The smallest absolute Gasteiger partial charge is 0.273 e. The quantitative estimate of drug-likeness (QED) is 0.745. The second-order valence-electron chi connectivity index (χ2n) is 9.21. The number of amides is 3. The maximum atomic E-state index is 13.3. The number of hydrogen-bond acceptors (Lipinski definition) is 4. The van der Waals surface area contributed by atoms with E-state index in [0.29, 0.717) is 12.2 Å². The van der Waals surface area contributed by atoms with Crippen LogP contribution in [0.2, 0.25) is 0 Å². The Bertz CT molecular complexity index is 823. The Morgan fingerprint density at radius 1 is 1.10 bits per heavy atom. The third-order valence-electron chi connectivity index (χ3n) is 6.85. The highest BCUT2D eigenvalue weighted by Crippen LogP contribution is 2.29. The summed E-state index contributed by atoms with van der Waals surface area (Å²) in [6, 6.07) is 1.94. The van der Waals surface area contributed by atoms with Gasteiger partial charge in [0.2, 0.25) is 5.91 Å². The average molecular weight is 416 g/mol. The van der Waals surface area contributed by atoms with Crippen LogP contribution in [-0.4, -0.2) is 56.6 Å². The van der Waals surface area contributed by atoms with E-state index in [2.05, 4.69) is 15.7 Å². The third-order valence-corrected chi connectivity index (χ3v) is 6.85. The highest BCUT2D eigenvalue weighted by atomic mass is 16.2. The van der Waals surface area contributed by atoms with Crippen molar-refractivity contribution < 1.29 is 14.4 Å². The maximum absolute atomic E-state index is 13.3. The van der Waals surface area contributed by atoms with E-state index in [0.717, 1.165) is 57.8 Å². The number of nitrogens with one attached hydrogen (secondary N) is 2. The lowest BCUT2D eigenvalue weighted by atomic mass is 9.94. The monoisotopic (exact) mass is 415 g/mol. The molecule has 2 fully saturated rings. The van der Waals surface area contributed by atoms with Crippen molar-refractivity contribution in [3.8, 4) is 0 Å². The number of aromatic nitrogens is 2. The molecule has 8 nitrogen and oxygen atoms in total. The number of fused-ring (bicyclic) bond motifs is 1. The fourth-order valence-electron chi connectivity index (χ4n) is 5.07. The predicted molar refractivity (Wildman–Crippen MR) is 112 cm³/mol. The molecule has 1 atom stereocenters. The fourth-order valence-corrected chi connectivity index (χ4v) is 5.07. The first kappa shape index (κ1) is 20.9. The zero-order valence-corrected chi connectivity index (χ0v) is 18.1. The van der Waals surface area contributed by atoms with Gasteiger partial charge in [-0.1, -0.05) is 32.6 Å². The van der Waals surface area contributed by atoms with Crippen LogP contribution in [0, 0.1) is 0 Å². The van der Waals surface area contributed by atoms with E-state index in [1.54, 1.807) is 15.6 Å². The van der Waals surface area contributed by atoms with Crippen molar-refractivity contribution in [3.63, 3.8) is 0 Å². The molecule has 0 bridgehead atoms. The standard InChI is InChI=1S/C22H33N5O3/c1-3-12-26-20(29)18-13-17(19(28)23-15-8-4-5-9-15)25-27(18)14-22(26,2)21(30)24-16-10-6-7-11-16/h13,15-16H,3-12,14H2,1-2H3,(H,23,28)(H,24,30)/t22-/m1/s1. The van der Waals surface area contributed by atoms with Gasteiger partial charge in [-0.15, -0.1) is 0 Å². The molecule has 164 valence electrons. The van der Waals surface area contributed by atoms with Gasteiger partial charge in [0.15, 0.2) is 5.69 Å². The van der Waals surface area contributed by atoms with Gasteiger partial charge in [-0.2, -0.15) is 5.10 Å². The van der Waals surface area contributed by atoms with E-state index in [4.69, 9.17) is 0 Å². The SMILES string of the molecule is CCCN1C(=O)c2cc(C(=O)NC3CCCC3)nn2C[C@]1(C)C(=O)NC1CCCC1. The molecule has 3 amide bonds. The Morgan fingerprint density at radius 2 is 1.70 bits per heavy atom. The van der Waals surface area contributed by atoms with Gasteiger partial charge in [-0.3, -0.25) is 19.1 Å². The minimum Gasteiger partial charge on any atom is -0.351 e. The minimum atomic E-state index is -1.02. The van der Waals surface area contributed by atoms with Gasteiger partial charge < -0.3 is 15.5 Å². The molecule has 8 heteroatoms. The lowest BCUT2D eigenvalue weighted by molar-refractivity contribution is -0.133. The molecule has 0 aromatic carbocycles. The topological polar surface area (TPSA) is 96.3 Å². The number of carbonyl (C=O) groups excluding carboxylic acids is 3. The van der Waals surface area contributed by atoms with Gasteiger partial charge in [-0.05, 0) is 39.0 Å². The summed E-state index contributed by atoms with van der Waals surface area (Å²) in [5.41, 5.74) is -0.387. The summed E-state index contributed by atoms with van der Waals surface area (Å²) in [6.45, 7) is 4.55. The number of carbonyl (C=O) groups is 3. The second-order valence-corrected chi connectivity index (χ2v) is 9.21. The van der Waals surface area contributed by atoms with E-state index >= 15 is 0 Å². The van der Waals surface area contributed by atoms with Crippen LogP contribution in [0.25, 0.3) is 0 Å². The Labute approximate surface area is 177 Å². The van der Waals surface area contributed by atoms with Gasteiger partial charge in [0.1, 0.15) is 11.2 Å². The van der Waals surface area contributed by atoms with Crippen molar-refractivity contribution in [3.05, 3.63) is 17.5 Å². The molecule has 2 N–H and O–H groups in total. The molecule has 1 aromatic rings. The molecule has 0 unspecified atom stereocenters. The molecule has 1 aromatic heterocycles. The van der Waals surface area contributed by atoms with Gasteiger partial charge in [0.05, 0.1) is 6.54 Å². The van der Waals surface area contributed by atoms with Crippen LogP contribution >= 0.6 is 0 Å². The van der Waals surface area contributed by atoms with Crippen LogP contribution in [0.1, 0.15) is 92.6 Å². The summed E-state index contributed by atoms with van der Waals surface area (Å²) in [7, 11) is 0. The normalized spacial score (nSPS) is 24.9. The van der Waals surface area contributed by atoms with E-state index in [1.807, 2.05) is 13.8 Å². The van der Waals surface area contributed by atoms with Crippen molar-refractivity contribution in [2.24, 2.45) is 0 Å². The molecule has 2 aliphatic carbocycles. The first-order chi connectivity index (χ1) is 14.4. The molecule has 0 saturated heterocycles. The third kappa shape index (κ3) is 3.84. The molecule has 4 rings (SSSR count). The van der Waals surface area contributed by atoms with E-state index < -0.39 is 5.54 Å². The Hall–Kier alpha value is -2.38. The summed E-state index contributed by atoms with van der Waals surface area (Å²) < 4.78 is 1.55. The molecule has 2 saturated carbocycles. The van der Waals surface area contributed by atoms with E-state index in [1.165, 1.54) is 0 Å². The van der Waals surface area contributed by atoms with Crippen LogP contribution in [-0.2, 0) is 11.3 Å². The van der Waals surface area contributed by atoms with Crippen LogP contribution in [0.3, 0.4) is 0 Å². The molecule has 3 aliphatic rings. The summed E-state index contributed by atoms with van der Waals surface area (Å²) in [6.07, 6.45) is 9.21. The fraction of sp³-hybridized carbons (Fsp3) is 0.727. The highest BCUT2D eigenvalue weighted by molar-refractivity contribution is 6.02. The first-order valence-electron chi connectivity index (χ1n) is 11.4. The second kappa shape index (κ2) is 8.40. The van der Waals surface area contributed by atoms with Crippen molar-refractivity contribution >= 4 is 17.7 Å². The molecule has 0 spiro atoms. The first-order valence-corrected chi connectivity index (χ1v) is 11.4. The Morgan fingerprint density at radius 3 is 2.30 bits per heavy atom. The van der Waals surface area contributed by atoms with Gasteiger partial charge in [0, 0.05) is 24.7 Å². The van der Waals surface area contributed by atoms with Crippen molar-refractivity contribution in [2.75, 3.05) is 6.54 Å². The molecule has 30 heavy (non-hydrogen) atoms. The number of nitrogens with zero attached hydrogens (tertiary/aromatic N) is 3. The molecular formula is C22H33N5O3. The summed E-state index contributed by atoms with van der Waals surface area (Å²) >= 11 is 0. The van der Waals surface area contributed by atoms with Crippen molar-refractivity contribution in [1.82, 2.24) is 25.3 Å². The number of hydrogen-bond donors (Lipinski definition) is 2. The maximum Gasteiger partial charge on any atom is 0.273 e. The Kier molecular flexibility index (Phi) is 5.84. The molecule has 1 aliphatic heterocycles. The van der Waals surface area contributed by atoms with Crippen LogP contribution in [0.5, 0.6) is 0 Å². The van der Waals surface area contributed by atoms with Crippen LogP contribution in [0.4, 0.5) is 0 Å². The zero-order valence-electron chi connectivity index (χ0n) is 18.1. The minimum absolute atomic E-state index is 0.130. The van der Waals surface area contributed by atoms with E-state index in [9.17, 15) is 14.4 Å².